The van der Waals surface area contributed by atoms with Gasteiger partial charge in [0.25, 0.3) is 5.79 Å². The first-order valence-corrected chi connectivity index (χ1v) is 24.3. The number of aliphatic hydroxyl groups is 1. The average molecular weight is 1080 g/mol. The van der Waals surface area contributed by atoms with Crippen LogP contribution in [0.5, 0.6) is 5.75 Å². The number of fused-ring (bicyclic) bond motifs is 2. The van der Waals surface area contributed by atoms with Crippen LogP contribution in [0.15, 0.2) is 54.6 Å². The second-order valence-corrected chi connectivity index (χ2v) is 18.4. The Morgan fingerprint density at radius 1 is 0.684 bits per heavy atom. The van der Waals surface area contributed by atoms with E-state index in [1.54, 1.807) is 54.6 Å². The minimum Gasteiger partial charge on any atom is -0.497 e. The van der Waals surface area contributed by atoms with Gasteiger partial charge in [-0.05, 0) is 12.1 Å². The van der Waals surface area contributed by atoms with Crippen molar-refractivity contribution in [3.8, 4) is 5.75 Å². The highest BCUT2D eigenvalue weighted by Crippen LogP contribution is 2.44. The lowest BCUT2D eigenvalue weighted by atomic mass is 9.87. The van der Waals surface area contributed by atoms with Gasteiger partial charge in [-0.15, -0.1) is 0 Å². The minimum absolute atomic E-state index is 0.0579. The van der Waals surface area contributed by atoms with Crippen LogP contribution >= 0.6 is 0 Å². The molecule has 0 unspecified atom stereocenters. The van der Waals surface area contributed by atoms with Crippen LogP contribution in [-0.2, 0) is 105 Å². The molecule has 18 atom stereocenters. The van der Waals surface area contributed by atoms with Crippen molar-refractivity contribution < 1.29 is 114 Å². The summed E-state index contributed by atoms with van der Waals surface area (Å²) in [6.07, 6.45) is -22.7. The van der Waals surface area contributed by atoms with E-state index in [9.17, 15) is 38.7 Å². The molecule has 2 amide bonds. The number of amides is 2. The second-order valence-electron chi connectivity index (χ2n) is 18.4. The van der Waals surface area contributed by atoms with E-state index in [-0.39, 0.29) is 13.2 Å². The topological polar surface area (TPSA) is 311 Å². The zero-order valence-corrected chi connectivity index (χ0v) is 43.2. The first-order chi connectivity index (χ1) is 36.2. The Balaban J connectivity index is 1.34. The average Bonchev–Trinajstić information content (AvgIpc) is 3.40. The SMILES string of the molecule is COC(=O)[C@@]1(O[C@@H]2[C@@H](O)[C@H](O[C@@H]3[C@@H](NC(C)=O)[C@@H](OC)O[C@@H]4CO[C@H](c5ccc(OC)cc5)O[C@H]34)O[C@@H]3CO[C@H](c4ccccc4)O[C@H]23)C[C@H](OC(C)=O)[C@@H](NC(C)=O)[C@H]([C@H](OC(C)=O)[C@@H](COC(C)=O)OC(C)=O)O1. The lowest BCUT2D eigenvalue weighted by molar-refractivity contribution is -0.414. The standard InChI is InChI=1S/C50H64N2O24/c1-23(53)51-36-32(67-26(4)56)19-50(49(60)63-9,75-43(36)40(69-28(6)58)33(68-27(5)57)20-64-25(3)55)76-44-38(59)48(71-35-22-65-45(73-41(35)44)29-13-11-10-12-14-29)74-42-37(52-24(2)54)47(62-8)70-34-21-66-46(72-39(34)42)30-15-17-31(61-7)18-16-30/h10-18,32-48,59H,19-22H2,1-9H3,(H,51,53)(H,52,54)/t32-,33+,34+,35+,36+,37+,38+,39-,40+,41-,42+,43+,44+,45-,46-,47-,48-,50-/m0/s1. The maximum atomic E-state index is 14.7. The normalized spacial score (nSPS) is 33.8. The van der Waals surface area contributed by atoms with E-state index >= 15 is 0 Å². The van der Waals surface area contributed by atoms with Crippen molar-refractivity contribution >= 4 is 41.7 Å². The molecule has 76 heavy (non-hydrogen) atoms. The van der Waals surface area contributed by atoms with E-state index in [1.165, 1.54) is 21.1 Å². The van der Waals surface area contributed by atoms with Crippen molar-refractivity contribution in [2.24, 2.45) is 0 Å². The highest BCUT2D eigenvalue weighted by atomic mass is 16.8. The number of rotatable bonds is 18. The van der Waals surface area contributed by atoms with Gasteiger partial charge in [-0.2, -0.15) is 0 Å². The summed E-state index contributed by atoms with van der Waals surface area (Å²) < 4.78 is 96.9. The van der Waals surface area contributed by atoms with Gasteiger partial charge in [0.2, 0.25) is 11.8 Å². The predicted octanol–water partition coefficient (Wildman–Crippen LogP) is 0.477. The summed E-state index contributed by atoms with van der Waals surface area (Å²) in [6.45, 7) is 5.43. The fourth-order valence-corrected chi connectivity index (χ4v) is 9.74. The van der Waals surface area contributed by atoms with Crippen LogP contribution < -0.4 is 15.4 Å². The molecule has 0 spiro atoms. The maximum Gasteiger partial charge on any atom is 0.366 e. The lowest BCUT2D eigenvalue weighted by Gasteiger charge is -2.54. The summed E-state index contributed by atoms with van der Waals surface area (Å²) in [7, 11) is 3.85. The number of nitrogens with one attached hydrogen (secondary N) is 2. The quantitative estimate of drug-likeness (QED) is 0.135. The van der Waals surface area contributed by atoms with Gasteiger partial charge in [0.1, 0.15) is 73.3 Å². The summed E-state index contributed by atoms with van der Waals surface area (Å²) in [5.74, 6) is -8.57. The number of aliphatic hydroxyl groups excluding tert-OH is 1. The molecule has 26 heteroatoms. The van der Waals surface area contributed by atoms with E-state index in [1.807, 2.05) is 0 Å². The Morgan fingerprint density at radius 2 is 1.26 bits per heavy atom. The van der Waals surface area contributed by atoms with Crippen LogP contribution in [0.25, 0.3) is 0 Å². The molecule has 418 valence electrons. The molecule has 0 bridgehead atoms. The molecule has 0 radical (unpaired) electrons. The van der Waals surface area contributed by atoms with Crippen LogP contribution in [0.2, 0.25) is 0 Å². The molecule has 2 aromatic rings. The summed E-state index contributed by atoms with van der Waals surface area (Å²) in [6, 6.07) is 12.9. The van der Waals surface area contributed by atoms with E-state index in [2.05, 4.69) is 10.6 Å². The van der Waals surface area contributed by atoms with E-state index < -0.39 is 165 Å². The van der Waals surface area contributed by atoms with Gasteiger partial charge < -0.3 is 91.5 Å². The molecule has 3 N–H and O–H groups in total. The van der Waals surface area contributed by atoms with Crippen LogP contribution in [-0.4, -0.2) is 186 Å². The minimum atomic E-state index is -2.85. The summed E-state index contributed by atoms with van der Waals surface area (Å²) in [5.41, 5.74) is 1.12. The molecule has 0 saturated carbocycles. The maximum absolute atomic E-state index is 14.7. The van der Waals surface area contributed by atoms with Crippen molar-refractivity contribution in [3.05, 3.63) is 65.7 Å². The molecule has 0 aliphatic carbocycles. The first kappa shape index (κ1) is 57.8. The molecule has 7 rings (SSSR count). The number of benzene rings is 2. The molecule has 5 heterocycles. The summed E-state index contributed by atoms with van der Waals surface area (Å²) >= 11 is 0. The Bertz CT molecular complexity index is 2360. The molecule has 5 saturated heterocycles. The van der Waals surface area contributed by atoms with Gasteiger partial charge in [0.15, 0.2) is 37.4 Å². The molecule has 26 nitrogen and oxygen atoms in total. The van der Waals surface area contributed by atoms with Crippen molar-refractivity contribution in [1.82, 2.24) is 10.6 Å². The van der Waals surface area contributed by atoms with Crippen molar-refractivity contribution in [2.45, 2.75) is 158 Å². The molecule has 0 aromatic heterocycles. The largest absolute Gasteiger partial charge is 0.497 e. The van der Waals surface area contributed by atoms with Gasteiger partial charge in [0, 0.05) is 59.8 Å². The highest BCUT2D eigenvalue weighted by Gasteiger charge is 2.64. The van der Waals surface area contributed by atoms with Gasteiger partial charge in [0.05, 0.1) is 39.9 Å². The van der Waals surface area contributed by atoms with Gasteiger partial charge >= 0.3 is 29.8 Å². The fraction of sp³-hybridized carbons (Fsp3) is 0.620. The predicted molar refractivity (Wildman–Crippen MR) is 249 cm³/mol. The number of hydrogen-bond donors (Lipinski definition) is 3. The Morgan fingerprint density at radius 3 is 1.80 bits per heavy atom. The van der Waals surface area contributed by atoms with Crippen molar-refractivity contribution in [2.75, 3.05) is 41.2 Å². The molecule has 2 aromatic carbocycles. The Labute approximate surface area is 436 Å². The van der Waals surface area contributed by atoms with Crippen LogP contribution in [0.3, 0.4) is 0 Å². The van der Waals surface area contributed by atoms with E-state index in [0.717, 1.165) is 41.7 Å². The molecular formula is C50H64N2O24. The molecule has 5 aliphatic rings. The number of esters is 5. The first-order valence-electron chi connectivity index (χ1n) is 24.3. The van der Waals surface area contributed by atoms with Crippen molar-refractivity contribution in [3.63, 3.8) is 0 Å². The van der Waals surface area contributed by atoms with Gasteiger partial charge in [-0.3, -0.25) is 28.8 Å². The van der Waals surface area contributed by atoms with E-state index in [4.69, 9.17) is 75.8 Å². The highest BCUT2D eigenvalue weighted by molar-refractivity contribution is 5.79. The lowest BCUT2D eigenvalue weighted by Crippen LogP contribution is -2.72. The third-order valence-electron chi connectivity index (χ3n) is 12.8. The third kappa shape index (κ3) is 13.6. The Hall–Kier alpha value is -5.91. The van der Waals surface area contributed by atoms with Crippen LogP contribution in [0.1, 0.15) is 71.7 Å². The zero-order chi connectivity index (χ0) is 55.0. The number of hydrogen-bond acceptors (Lipinski definition) is 24. The summed E-state index contributed by atoms with van der Waals surface area (Å²) in [4.78, 5) is 91.4. The molecule has 5 aliphatic heterocycles. The smallest absolute Gasteiger partial charge is 0.366 e. The molecule has 5 fully saturated rings. The van der Waals surface area contributed by atoms with Crippen LogP contribution in [0.4, 0.5) is 0 Å². The number of carbonyl (C=O) groups is 7. The summed E-state index contributed by atoms with van der Waals surface area (Å²) in [5, 5.41) is 18.3. The van der Waals surface area contributed by atoms with E-state index in [0.29, 0.717) is 16.9 Å². The number of ether oxygens (including phenoxy) is 16. The number of methoxy groups -OCH3 is 3. The molecular weight excluding hydrogens is 1010 g/mol. The fourth-order valence-electron chi connectivity index (χ4n) is 9.74. The number of carbonyl (C=O) groups excluding carboxylic acids is 7. The Kier molecular flexibility index (Phi) is 19.4. The zero-order valence-electron chi connectivity index (χ0n) is 43.2. The van der Waals surface area contributed by atoms with Crippen LogP contribution in [0, 0.1) is 0 Å². The second kappa shape index (κ2) is 25.5. The van der Waals surface area contributed by atoms with Crippen molar-refractivity contribution in [1.29, 1.82) is 0 Å². The third-order valence-corrected chi connectivity index (χ3v) is 12.8. The van der Waals surface area contributed by atoms with Gasteiger partial charge in [-0.25, -0.2) is 4.79 Å². The van der Waals surface area contributed by atoms with Gasteiger partial charge in [-0.1, -0.05) is 42.5 Å². The monoisotopic (exact) mass is 1080 g/mol.